The number of rotatable bonds is 4. The van der Waals surface area contributed by atoms with Gasteiger partial charge in [0.25, 0.3) is 0 Å². The van der Waals surface area contributed by atoms with E-state index in [0.29, 0.717) is 5.58 Å². The van der Waals surface area contributed by atoms with Crippen LogP contribution in [0.3, 0.4) is 0 Å². The van der Waals surface area contributed by atoms with Gasteiger partial charge in [0.2, 0.25) is 0 Å². The van der Waals surface area contributed by atoms with Gasteiger partial charge in [-0.3, -0.25) is 4.98 Å². The summed E-state index contributed by atoms with van der Waals surface area (Å²) in [5.74, 6) is -0.421. The molecule has 0 saturated heterocycles. The topological polar surface area (TPSA) is 75.3 Å². The molecule has 5 nitrogen and oxygen atoms in total. The molecule has 1 aromatic carbocycles. The van der Waals surface area contributed by atoms with Crippen molar-refractivity contribution in [2.75, 3.05) is 14.1 Å². The number of nitrogens with zero attached hydrogens (tertiary/aromatic N) is 1. The molecule has 0 bridgehead atoms. The van der Waals surface area contributed by atoms with Crippen molar-refractivity contribution in [1.82, 2.24) is 9.88 Å². The lowest BCUT2D eigenvalue weighted by Crippen LogP contribution is -2.27. The highest BCUT2D eigenvalue weighted by Gasteiger charge is 2.17. The summed E-state index contributed by atoms with van der Waals surface area (Å²) >= 11 is 0. The Hall–Kier alpha value is -1.59. The minimum absolute atomic E-state index is 0.117. The number of aromatic amines is 1. The molecule has 5 heteroatoms. The van der Waals surface area contributed by atoms with Crippen LogP contribution in [0.4, 0.5) is 0 Å². The third kappa shape index (κ3) is 2.63. The van der Waals surface area contributed by atoms with E-state index in [-0.39, 0.29) is 12.1 Å². The normalized spacial score (nSPS) is 15.2. The lowest BCUT2D eigenvalue weighted by molar-refractivity contribution is 0.272. The second-order valence-electron chi connectivity index (χ2n) is 4.96. The van der Waals surface area contributed by atoms with E-state index in [1.165, 1.54) is 0 Å². The Balaban J connectivity index is 2.40. The first-order valence-corrected chi connectivity index (χ1v) is 6.02. The van der Waals surface area contributed by atoms with Gasteiger partial charge in [0, 0.05) is 12.1 Å². The van der Waals surface area contributed by atoms with Crippen LogP contribution in [0.5, 0.6) is 0 Å². The van der Waals surface area contributed by atoms with E-state index in [2.05, 4.69) is 9.88 Å². The number of nitrogens with one attached hydrogen (secondary N) is 1. The number of oxazole rings is 1. The Morgan fingerprint density at radius 1 is 1.44 bits per heavy atom. The molecule has 2 rings (SSSR count). The minimum atomic E-state index is -0.421. The van der Waals surface area contributed by atoms with Crippen molar-refractivity contribution in [1.29, 1.82) is 0 Å². The maximum atomic E-state index is 11.1. The lowest BCUT2D eigenvalue weighted by atomic mass is 9.99. The molecule has 0 amide bonds. The molecule has 1 aromatic heterocycles. The van der Waals surface area contributed by atoms with E-state index < -0.39 is 5.76 Å². The first-order valence-electron chi connectivity index (χ1n) is 6.02. The predicted octanol–water partition coefficient (Wildman–Crippen LogP) is 1.46. The van der Waals surface area contributed by atoms with Crippen LogP contribution in [0.1, 0.15) is 24.9 Å². The quantitative estimate of drug-likeness (QED) is 0.860. The van der Waals surface area contributed by atoms with E-state index >= 15 is 0 Å². The van der Waals surface area contributed by atoms with E-state index in [0.717, 1.165) is 17.5 Å². The van der Waals surface area contributed by atoms with E-state index in [9.17, 15) is 4.79 Å². The smallest absolute Gasteiger partial charge is 0.408 e. The standard InChI is InChI=1S/C13H19N3O2/c1-8(14)6-11(16(2)3)9-4-5-10-12(7-9)18-13(17)15-10/h4-5,7-8,11H,6,14H2,1-3H3,(H,15,17). The number of hydrogen-bond donors (Lipinski definition) is 2. The fourth-order valence-corrected chi connectivity index (χ4v) is 2.17. The number of H-pyrrole nitrogens is 1. The molecule has 0 fully saturated rings. The molecule has 0 aliphatic rings. The van der Waals surface area contributed by atoms with Crippen molar-refractivity contribution >= 4 is 11.1 Å². The van der Waals surface area contributed by atoms with Crippen LogP contribution >= 0.6 is 0 Å². The highest BCUT2D eigenvalue weighted by molar-refractivity contribution is 5.72. The lowest BCUT2D eigenvalue weighted by Gasteiger charge is -2.26. The second-order valence-corrected chi connectivity index (χ2v) is 4.96. The third-order valence-electron chi connectivity index (χ3n) is 3.05. The maximum absolute atomic E-state index is 11.1. The van der Waals surface area contributed by atoms with Gasteiger partial charge < -0.3 is 15.1 Å². The Labute approximate surface area is 106 Å². The number of fused-ring (bicyclic) bond motifs is 1. The average Bonchev–Trinajstić information content (AvgIpc) is 2.64. The molecular weight excluding hydrogens is 230 g/mol. The summed E-state index contributed by atoms with van der Waals surface area (Å²) in [5, 5.41) is 0. The van der Waals surface area contributed by atoms with E-state index in [1.807, 2.05) is 39.2 Å². The van der Waals surface area contributed by atoms with Gasteiger partial charge in [-0.2, -0.15) is 0 Å². The highest BCUT2D eigenvalue weighted by Crippen LogP contribution is 2.25. The number of nitrogens with two attached hydrogens (primary N) is 1. The van der Waals surface area contributed by atoms with Crippen LogP contribution in [0.2, 0.25) is 0 Å². The Kier molecular flexibility index (Phi) is 3.54. The molecule has 1 heterocycles. The third-order valence-corrected chi connectivity index (χ3v) is 3.05. The van der Waals surface area contributed by atoms with Gasteiger partial charge >= 0.3 is 5.76 Å². The molecule has 3 N–H and O–H groups in total. The monoisotopic (exact) mass is 249 g/mol. The van der Waals surface area contributed by atoms with Crippen LogP contribution in [-0.4, -0.2) is 30.0 Å². The summed E-state index contributed by atoms with van der Waals surface area (Å²) in [7, 11) is 4.04. The van der Waals surface area contributed by atoms with E-state index in [4.69, 9.17) is 10.2 Å². The zero-order chi connectivity index (χ0) is 13.3. The Morgan fingerprint density at radius 2 is 2.17 bits per heavy atom. The molecule has 98 valence electrons. The number of hydrogen-bond acceptors (Lipinski definition) is 4. The predicted molar refractivity (Wildman–Crippen MR) is 71.5 cm³/mol. The van der Waals surface area contributed by atoms with Crippen molar-refractivity contribution in [2.24, 2.45) is 5.73 Å². The van der Waals surface area contributed by atoms with Gasteiger partial charge in [0.15, 0.2) is 5.58 Å². The molecule has 0 aliphatic carbocycles. The van der Waals surface area contributed by atoms with Gasteiger partial charge in [-0.1, -0.05) is 6.07 Å². The average molecular weight is 249 g/mol. The van der Waals surface area contributed by atoms with Crippen LogP contribution in [-0.2, 0) is 0 Å². The summed E-state index contributed by atoms with van der Waals surface area (Å²) in [6.07, 6.45) is 0.854. The Morgan fingerprint density at radius 3 is 2.78 bits per heavy atom. The van der Waals surface area contributed by atoms with Crippen molar-refractivity contribution in [2.45, 2.75) is 25.4 Å². The second kappa shape index (κ2) is 4.96. The fraction of sp³-hybridized carbons (Fsp3) is 0.462. The molecular formula is C13H19N3O2. The van der Waals surface area contributed by atoms with Gasteiger partial charge in [-0.15, -0.1) is 0 Å². The zero-order valence-electron chi connectivity index (χ0n) is 10.9. The fourth-order valence-electron chi connectivity index (χ4n) is 2.17. The van der Waals surface area contributed by atoms with Crippen molar-refractivity contribution in [3.05, 3.63) is 34.3 Å². The van der Waals surface area contributed by atoms with Crippen LogP contribution in [0.25, 0.3) is 11.1 Å². The molecule has 0 aliphatic heterocycles. The maximum Gasteiger partial charge on any atom is 0.417 e. The van der Waals surface area contributed by atoms with Gasteiger partial charge in [-0.05, 0) is 45.1 Å². The Bertz CT molecular complexity index is 583. The first kappa shape index (κ1) is 12.9. The van der Waals surface area contributed by atoms with Crippen molar-refractivity contribution in [3.63, 3.8) is 0 Å². The summed E-state index contributed by atoms with van der Waals surface area (Å²) in [4.78, 5) is 15.9. The number of aromatic nitrogens is 1. The molecule has 2 aromatic rings. The van der Waals surface area contributed by atoms with Crippen molar-refractivity contribution in [3.8, 4) is 0 Å². The van der Waals surface area contributed by atoms with Gasteiger partial charge in [-0.25, -0.2) is 4.79 Å². The zero-order valence-corrected chi connectivity index (χ0v) is 10.9. The van der Waals surface area contributed by atoms with Crippen molar-refractivity contribution < 1.29 is 4.42 Å². The summed E-state index contributed by atoms with van der Waals surface area (Å²) in [6.45, 7) is 1.99. The van der Waals surface area contributed by atoms with Crippen LogP contribution in [0, 0.1) is 0 Å². The highest BCUT2D eigenvalue weighted by atomic mass is 16.4. The molecule has 2 atom stereocenters. The summed E-state index contributed by atoms with van der Waals surface area (Å²) in [5.41, 5.74) is 8.30. The molecule has 2 unspecified atom stereocenters. The van der Waals surface area contributed by atoms with Gasteiger partial charge in [0.05, 0.1) is 5.52 Å². The first-order chi connectivity index (χ1) is 8.47. The summed E-state index contributed by atoms with van der Waals surface area (Å²) in [6, 6.07) is 6.11. The SMILES string of the molecule is CC(N)CC(c1ccc2[nH]c(=O)oc2c1)N(C)C. The summed E-state index contributed by atoms with van der Waals surface area (Å²) < 4.78 is 5.08. The molecule has 0 radical (unpaired) electrons. The van der Waals surface area contributed by atoms with Crippen LogP contribution < -0.4 is 11.5 Å². The molecule has 0 saturated carbocycles. The van der Waals surface area contributed by atoms with Gasteiger partial charge in [0.1, 0.15) is 0 Å². The molecule has 18 heavy (non-hydrogen) atoms. The molecule has 0 spiro atoms. The number of benzene rings is 1. The van der Waals surface area contributed by atoms with E-state index in [1.54, 1.807) is 0 Å². The minimum Gasteiger partial charge on any atom is -0.408 e. The van der Waals surface area contributed by atoms with Crippen LogP contribution in [0.15, 0.2) is 27.4 Å². The largest absolute Gasteiger partial charge is 0.417 e.